The van der Waals surface area contributed by atoms with Crippen molar-refractivity contribution in [2.75, 3.05) is 19.8 Å². The summed E-state index contributed by atoms with van der Waals surface area (Å²) in [7, 11) is 0. The Morgan fingerprint density at radius 2 is 1.06 bits per heavy atom. The van der Waals surface area contributed by atoms with E-state index in [1.54, 1.807) is 6.92 Å². The van der Waals surface area contributed by atoms with Crippen molar-refractivity contribution < 1.29 is 19.4 Å². The van der Waals surface area contributed by atoms with Crippen LogP contribution in [0, 0.1) is 0 Å². The summed E-state index contributed by atoms with van der Waals surface area (Å²) in [5.41, 5.74) is 0. The first kappa shape index (κ1) is 35.1. The molecular formula is C32H62O4. The minimum absolute atomic E-state index is 0.178. The second-order valence-corrected chi connectivity index (χ2v) is 10.5. The zero-order valence-electron chi connectivity index (χ0n) is 24.3. The lowest BCUT2D eigenvalue weighted by atomic mass is 10.0. The summed E-state index contributed by atoms with van der Waals surface area (Å²) < 4.78 is 10.6. The highest BCUT2D eigenvalue weighted by Gasteiger charge is 2.12. The van der Waals surface area contributed by atoms with E-state index in [9.17, 15) is 9.90 Å². The number of allylic oxidation sites excluding steroid dienone is 2. The third kappa shape index (κ3) is 27.7. The molecule has 0 aliphatic heterocycles. The van der Waals surface area contributed by atoms with E-state index in [4.69, 9.17) is 9.47 Å². The van der Waals surface area contributed by atoms with Crippen LogP contribution in [0.5, 0.6) is 0 Å². The first-order chi connectivity index (χ1) is 17.7. The topological polar surface area (TPSA) is 55.8 Å². The lowest BCUT2D eigenvalue weighted by Gasteiger charge is -2.15. The average molecular weight is 511 g/mol. The number of unbranched alkanes of at least 4 members (excludes halogenated alkanes) is 20. The summed E-state index contributed by atoms with van der Waals surface area (Å²) >= 11 is 0. The van der Waals surface area contributed by atoms with Crippen LogP contribution in [-0.4, -0.2) is 37.0 Å². The maximum atomic E-state index is 11.2. The van der Waals surface area contributed by atoms with Gasteiger partial charge in [-0.2, -0.15) is 0 Å². The standard InChI is InChI=1S/C32H62O4/c1-3-5-6-7-8-9-10-11-12-13-14-15-16-17-18-19-20-21-22-23-24-25-26-27-28-35-30-31(29-33)36-32(34)4-2/h13-14,31,33H,3-12,15-30H2,1-2H3/b14-13-. The van der Waals surface area contributed by atoms with Gasteiger partial charge in [0.25, 0.3) is 0 Å². The molecule has 4 nitrogen and oxygen atoms in total. The highest BCUT2D eigenvalue weighted by atomic mass is 16.6. The fourth-order valence-electron chi connectivity index (χ4n) is 4.47. The Hall–Kier alpha value is -0.870. The van der Waals surface area contributed by atoms with Crippen LogP contribution in [0.25, 0.3) is 0 Å². The van der Waals surface area contributed by atoms with E-state index < -0.39 is 6.10 Å². The molecule has 0 aliphatic carbocycles. The molecule has 0 aromatic heterocycles. The lowest BCUT2D eigenvalue weighted by Crippen LogP contribution is -2.27. The van der Waals surface area contributed by atoms with Gasteiger partial charge in [0.15, 0.2) is 0 Å². The molecule has 0 radical (unpaired) electrons. The van der Waals surface area contributed by atoms with Gasteiger partial charge in [0, 0.05) is 13.0 Å². The van der Waals surface area contributed by atoms with Crippen LogP contribution in [0.15, 0.2) is 12.2 Å². The van der Waals surface area contributed by atoms with Gasteiger partial charge < -0.3 is 14.6 Å². The van der Waals surface area contributed by atoms with Crippen molar-refractivity contribution in [2.24, 2.45) is 0 Å². The number of hydrogen-bond donors (Lipinski definition) is 1. The van der Waals surface area contributed by atoms with Crippen LogP contribution < -0.4 is 0 Å². The van der Waals surface area contributed by atoms with Gasteiger partial charge >= 0.3 is 5.97 Å². The monoisotopic (exact) mass is 510 g/mol. The molecule has 36 heavy (non-hydrogen) atoms. The fourth-order valence-corrected chi connectivity index (χ4v) is 4.47. The van der Waals surface area contributed by atoms with Crippen molar-refractivity contribution in [3.8, 4) is 0 Å². The molecule has 0 aliphatic rings. The van der Waals surface area contributed by atoms with E-state index in [1.807, 2.05) is 0 Å². The van der Waals surface area contributed by atoms with E-state index >= 15 is 0 Å². The zero-order valence-corrected chi connectivity index (χ0v) is 24.3. The molecule has 0 aromatic carbocycles. The molecule has 0 saturated carbocycles. The smallest absolute Gasteiger partial charge is 0.305 e. The van der Waals surface area contributed by atoms with Crippen molar-refractivity contribution in [3.63, 3.8) is 0 Å². The average Bonchev–Trinajstić information content (AvgIpc) is 2.89. The second kappa shape index (κ2) is 30.4. The van der Waals surface area contributed by atoms with E-state index in [-0.39, 0.29) is 19.2 Å². The zero-order chi connectivity index (χ0) is 26.4. The molecule has 0 heterocycles. The summed E-state index contributed by atoms with van der Waals surface area (Å²) in [6, 6.07) is 0. The number of aliphatic hydroxyl groups excluding tert-OH is 1. The van der Waals surface area contributed by atoms with Crippen molar-refractivity contribution in [1.29, 1.82) is 0 Å². The molecule has 214 valence electrons. The fraction of sp³-hybridized carbons (Fsp3) is 0.906. The normalized spacial score (nSPS) is 12.4. The van der Waals surface area contributed by atoms with Crippen molar-refractivity contribution >= 4 is 5.97 Å². The number of esters is 1. The van der Waals surface area contributed by atoms with Gasteiger partial charge in [-0.1, -0.05) is 135 Å². The minimum atomic E-state index is -0.524. The van der Waals surface area contributed by atoms with Gasteiger partial charge in [-0.05, 0) is 32.1 Å². The molecule has 4 heteroatoms. The molecular weight excluding hydrogens is 448 g/mol. The van der Waals surface area contributed by atoms with Gasteiger partial charge in [0.2, 0.25) is 0 Å². The van der Waals surface area contributed by atoms with Gasteiger partial charge in [0.05, 0.1) is 13.2 Å². The van der Waals surface area contributed by atoms with Gasteiger partial charge in [-0.3, -0.25) is 4.79 Å². The molecule has 1 atom stereocenters. The molecule has 0 rings (SSSR count). The number of ether oxygens (including phenoxy) is 2. The number of aliphatic hydroxyl groups is 1. The van der Waals surface area contributed by atoms with E-state index in [2.05, 4.69) is 19.1 Å². The number of rotatable bonds is 29. The molecule has 0 aromatic rings. The van der Waals surface area contributed by atoms with Crippen molar-refractivity contribution in [2.45, 2.75) is 168 Å². The Morgan fingerprint density at radius 1 is 0.639 bits per heavy atom. The first-order valence-corrected chi connectivity index (χ1v) is 15.8. The third-order valence-electron chi connectivity index (χ3n) is 6.89. The number of carbonyl (C=O) groups excluding carboxylic acids is 1. The first-order valence-electron chi connectivity index (χ1n) is 15.8. The summed E-state index contributed by atoms with van der Waals surface area (Å²) in [4.78, 5) is 11.2. The predicted octanol–water partition coefficient (Wildman–Crippen LogP) is 9.48. The maximum Gasteiger partial charge on any atom is 0.305 e. The van der Waals surface area contributed by atoms with Crippen molar-refractivity contribution in [1.82, 2.24) is 0 Å². The molecule has 0 amide bonds. The second-order valence-electron chi connectivity index (χ2n) is 10.5. The Kier molecular flexibility index (Phi) is 29.6. The van der Waals surface area contributed by atoms with E-state index in [0.29, 0.717) is 13.0 Å². The Labute approximate surface area is 225 Å². The summed E-state index contributed by atoms with van der Waals surface area (Å²) in [5, 5.41) is 9.20. The number of carbonyl (C=O) groups is 1. The van der Waals surface area contributed by atoms with Crippen molar-refractivity contribution in [3.05, 3.63) is 12.2 Å². The van der Waals surface area contributed by atoms with Crippen LogP contribution in [-0.2, 0) is 14.3 Å². The SMILES string of the molecule is CCCCCCCCCC/C=C\CCCCCCCCCCCCCCOCC(CO)OC(=O)CC. The molecule has 0 bridgehead atoms. The highest BCUT2D eigenvalue weighted by Crippen LogP contribution is 2.13. The molecule has 0 saturated heterocycles. The quantitative estimate of drug-likeness (QED) is 0.0618. The Morgan fingerprint density at radius 3 is 1.47 bits per heavy atom. The van der Waals surface area contributed by atoms with E-state index in [1.165, 1.54) is 135 Å². The molecule has 0 fully saturated rings. The summed E-state index contributed by atoms with van der Waals surface area (Å²) in [5.74, 6) is -0.287. The van der Waals surface area contributed by atoms with Crippen LogP contribution in [0.1, 0.15) is 162 Å². The molecule has 0 spiro atoms. The third-order valence-corrected chi connectivity index (χ3v) is 6.89. The van der Waals surface area contributed by atoms with Gasteiger partial charge in [-0.25, -0.2) is 0 Å². The molecule has 1 N–H and O–H groups in total. The van der Waals surface area contributed by atoms with Crippen LogP contribution in [0.3, 0.4) is 0 Å². The minimum Gasteiger partial charge on any atom is -0.457 e. The lowest BCUT2D eigenvalue weighted by molar-refractivity contribution is -0.154. The predicted molar refractivity (Wildman–Crippen MR) is 154 cm³/mol. The Balaban J connectivity index is 3.19. The van der Waals surface area contributed by atoms with Gasteiger partial charge in [-0.15, -0.1) is 0 Å². The van der Waals surface area contributed by atoms with E-state index in [0.717, 1.165) is 6.42 Å². The van der Waals surface area contributed by atoms with Crippen LogP contribution >= 0.6 is 0 Å². The number of hydrogen-bond acceptors (Lipinski definition) is 4. The molecule has 1 unspecified atom stereocenters. The highest BCUT2D eigenvalue weighted by molar-refractivity contribution is 5.69. The summed E-state index contributed by atoms with van der Waals surface area (Å²) in [6.07, 6.45) is 34.4. The van der Waals surface area contributed by atoms with Crippen LogP contribution in [0.2, 0.25) is 0 Å². The summed E-state index contributed by atoms with van der Waals surface area (Å²) in [6.45, 7) is 4.82. The maximum absolute atomic E-state index is 11.2. The van der Waals surface area contributed by atoms with Gasteiger partial charge in [0.1, 0.15) is 6.10 Å². The largest absolute Gasteiger partial charge is 0.457 e. The van der Waals surface area contributed by atoms with Crippen LogP contribution in [0.4, 0.5) is 0 Å². The Bertz CT molecular complexity index is 463.